The maximum Gasteiger partial charge on any atom is 0.161 e. The number of aliphatic hydroxyl groups is 1. The molecule has 2 atom stereocenters. The van der Waals surface area contributed by atoms with E-state index in [0.29, 0.717) is 6.61 Å². The van der Waals surface area contributed by atoms with Crippen molar-refractivity contribution in [3.63, 3.8) is 0 Å². The lowest BCUT2D eigenvalue weighted by Crippen LogP contribution is -2.28. The van der Waals surface area contributed by atoms with Crippen molar-refractivity contribution in [1.82, 2.24) is 5.32 Å². The molecule has 2 unspecified atom stereocenters. The number of benzene rings is 1. The number of nitrogens with one attached hydrogen (secondary N) is 1. The molecular weight excluding hydrogens is 242 g/mol. The average molecular weight is 267 g/mol. The van der Waals surface area contributed by atoms with E-state index in [1.54, 1.807) is 14.0 Å². The zero-order valence-electron chi connectivity index (χ0n) is 12.3. The van der Waals surface area contributed by atoms with E-state index in [2.05, 4.69) is 12.2 Å². The van der Waals surface area contributed by atoms with Gasteiger partial charge in [-0.3, -0.25) is 0 Å². The summed E-state index contributed by atoms with van der Waals surface area (Å²) in [6.45, 7) is 7.19. The smallest absolute Gasteiger partial charge is 0.161 e. The van der Waals surface area contributed by atoms with Gasteiger partial charge in [-0.15, -0.1) is 0 Å². The first-order chi connectivity index (χ1) is 9.06. The molecule has 4 nitrogen and oxygen atoms in total. The Hall–Kier alpha value is -1.26. The summed E-state index contributed by atoms with van der Waals surface area (Å²) in [7, 11) is 1.64. The third kappa shape index (κ3) is 5.49. The highest BCUT2D eigenvalue weighted by molar-refractivity contribution is 5.42. The van der Waals surface area contributed by atoms with Gasteiger partial charge in [0.1, 0.15) is 0 Å². The van der Waals surface area contributed by atoms with Gasteiger partial charge in [0.05, 0.1) is 19.8 Å². The summed E-state index contributed by atoms with van der Waals surface area (Å²) in [5.74, 6) is 1.52. The van der Waals surface area contributed by atoms with Crippen LogP contribution in [0, 0.1) is 0 Å². The van der Waals surface area contributed by atoms with Gasteiger partial charge in [0, 0.05) is 12.6 Å². The van der Waals surface area contributed by atoms with Crippen molar-refractivity contribution in [2.45, 2.75) is 45.9 Å². The second kappa shape index (κ2) is 8.02. The second-order valence-corrected chi connectivity index (χ2v) is 4.78. The Kier molecular flexibility index (Phi) is 6.67. The number of methoxy groups -OCH3 is 1. The standard InChI is InChI=1S/C15H25NO3/c1-5-19-15-9-13(6-7-14(15)18-4)10-16-11(2)8-12(3)17/h6-7,9,11-12,16-17H,5,8,10H2,1-4H3. The molecule has 0 bridgehead atoms. The van der Waals surface area contributed by atoms with E-state index < -0.39 is 0 Å². The number of hydrogen-bond donors (Lipinski definition) is 2. The SMILES string of the molecule is CCOc1cc(CNC(C)CC(C)O)ccc1OC. The van der Waals surface area contributed by atoms with Crippen LogP contribution in [0.1, 0.15) is 32.8 Å². The predicted molar refractivity (Wildman–Crippen MR) is 76.8 cm³/mol. The molecule has 0 aliphatic carbocycles. The van der Waals surface area contributed by atoms with Crippen molar-refractivity contribution in [2.75, 3.05) is 13.7 Å². The summed E-state index contributed by atoms with van der Waals surface area (Å²) in [5, 5.41) is 12.7. The van der Waals surface area contributed by atoms with E-state index in [1.165, 1.54) is 0 Å². The maximum absolute atomic E-state index is 9.33. The zero-order chi connectivity index (χ0) is 14.3. The normalized spacial score (nSPS) is 13.9. The molecule has 0 saturated heterocycles. The Balaban J connectivity index is 2.61. The van der Waals surface area contributed by atoms with Gasteiger partial charge >= 0.3 is 0 Å². The molecule has 0 heterocycles. The quantitative estimate of drug-likeness (QED) is 0.759. The van der Waals surface area contributed by atoms with E-state index in [0.717, 1.165) is 30.0 Å². The minimum atomic E-state index is -0.280. The van der Waals surface area contributed by atoms with Gasteiger partial charge in [-0.25, -0.2) is 0 Å². The Morgan fingerprint density at radius 2 is 2.00 bits per heavy atom. The van der Waals surface area contributed by atoms with Gasteiger partial charge < -0.3 is 19.9 Å². The molecule has 0 fully saturated rings. The summed E-state index contributed by atoms with van der Waals surface area (Å²) in [6, 6.07) is 6.20. The predicted octanol–water partition coefficient (Wildman–Crippen LogP) is 2.34. The van der Waals surface area contributed by atoms with Gasteiger partial charge in [-0.05, 0) is 44.9 Å². The molecule has 0 aromatic heterocycles. The van der Waals surface area contributed by atoms with Crippen molar-refractivity contribution >= 4 is 0 Å². The third-order valence-corrected chi connectivity index (χ3v) is 2.88. The molecule has 1 aromatic carbocycles. The fourth-order valence-corrected chi connectivity index (χ4v) is 1.99. The fourth-order valence-electron chi connectivity index (χ4n) is 1.99. The molecule has 0 spiro atoms. The summed E-state index contributed by atoms with van der Waals surface area (Å²) < 4.78 is 10.8. The van der Waals surface area contributed by atoms with Crippen LogP contribution >= 0.6 is 0 Å². The van der Waals surface area contributed by atoms with Crippen molar-refractivity contribution in [3.8, 4) is 11.5 Å². The van der Waals surface area contributed by atoms with Crippen LogP contribution in [0.4, 0.5) is 0 Å². The van der Waals surface area contributed by atoms with Crippen LogP contribution in [0.25, 0.3) is 0 Å². The van der Waals surface area contributed by atoms with Gasteiger partial charge in [-0.1, -0.05) is 6.07 Å². The van der Waals surface area contributed by atoms with Crippen molar-refractivity contribution in [3.05, 3.63) is 23.8 Å². The lowest BCUT2D eigenvalue weighted by molar-refractivity contribution is 0.170. The summed E-state index contributed by atoms with van der Waals surface area (Å²) in [6.07, 6.45) is 0.464. The van der Waals surface area contributed by atoms with E-state index >= 15 is 0 Å². The first kappa shape index (κ1) is 15.8. The lowest BCUT2D eigenvalue weighted by Gasteiger charge is -2.16. The Bertz CT molecular complexity index is 380. The molecule has 0 aliphatic rings. The summed E-state index contributed by atoms with van der Waals surface area (Å²) >= 11 is 0. The number of hydrogen-bond acceptors (Lipinski definition) is 4. The Morgan fingerprint density at radius 3 is 2.58 bits per heavy atom. The molecule has 0 amide bonds. The van der Waals surface area contributed by atoms with E-state index in [9.17, 15) is 5.11 Å². The van der Waals surface area contributed by atoms with Crippen LogP contribution in [0.5, 0.6) is 11.5 Å². The summed E-state index contributed by atoms with van der Waals surface area (Å²) in [5.41, 5.74) is 1.14. The van der Waals surface area contributed by atoms with Gasteiger partial charge in [-0.2, -0.15) is 0 Å². The minimum absolute atomic E-state index is 0.276. The topological polar surface area (TPSA) is 50.7 Å². The zero-order valence-corrected chi connectivity index (χ0v) is 12.3. The van der Waals surface area contributed by atoms with Crippen molar-refractivity contribution in [2.24, 2.45) is 0 Å². The van der Waals surface area contributed by atoms with E-state index in [4.69, 9.17) is 9.47 Å². The van der Waals surface area contributed by atoms with Crippen LogP contribution in [0.2, 0.25) is 0 Å². The van der Waals surface area contributed by atoms with Crippen molar-refractivity contribution in [1.29, 1.82) is 0 Å². The maximum atomic E-state index is 9.33. The second-order valence-electron chi connectivity index (χ2n) is 4.78. The minimum Gasteiger partial charge on any atom is -0.493 e. The molecule has 0 radical (unpaired) electrons. The lowest BCUT2D eigenvalue weighted by atomic mass is 10.1. The Morgan fingerprint density at radius 1 is 1.26 bits per heavy atom. The van der Waals surface area contributed by atoms with Crippen LogP contribution in [-0.2, 0) is 6.54 Å². The molecule has 1 rings (SSSR count). The first-order valence-electron chi connectivity index (χ1n) is 6.78. The van der Waals surface area contributed by atoms with Gasteiger partial charge in [0.15, 0.2) is 11.5 Å². The third-order valence-electron chi connectivity index (χ3n) is 2.88. The molecule has 2 N–H and O–H groups in total. The van der Waals surface area contributed by atoms with Crippen molar-refractivity contribution < 1.29 is 14.6 Å². The number of aliphatic hydroxyl groups excluding tert-OH is 1. The Labute approximate surface area is 115 Å². The molecule has 0 saturated carbocycles. The van der Waals surface area contributed by atoms with Crippen LogP contribution in [0.15, 0.2) is 18.2 Å². The molecule has 1 aromatic rings. The van der Waals surface area contributed by atoms with Crippen LogP contribution in [-0.4, -0.2) is 31.0 Å². The fraction of sp³-hybridized carbons (Fsp3) is 0.600. The number of ether oxygens (including phenoxy) is 2. The van der Waals surface area contributed by atoms with E-state index in [1.807, 2.05) is 25.1 Å². The molecule has 0 aliphatic heterocycles. The highest BCUT2D eigenvalue weighted by Crippen LogP contribution is 2.28. The van der Waals surface area contributed by atoms with Crippen LogP contribution in [0.3, 0.4) is 0 Å². The molecule has 19 heavy (non-hydrogen) atoms. The molecular formula is C15H25NO3. The largest absolute Gasteiger partial charge is 0.493 e. The van der Waals surface area contributed by atoms with Gasteiger partial charge in [0.25, 0.3) is 0 Å². The highest BCUT2D eigenvalue weighted by atomic mass is 16.5. The average Bonchev–Trinajstić information content (AvgIpc) is 2.36. The van der Waals surface area contributed by atoms with Crippen LogP contribution < -0.4 is 14.8 Å². The van der Waals surface area contributed by atoms with E-state index in [-0.39, 0.29) is 12.1 Å². The van der Waals surface area contributed by atoms with Gasteiger partial charge in [0.2, 0.25) is 0 Å². The highest BCUT2D eigenvalue weighted by Gasteiger charge is 2.08. The molecule has 108 valence electrons. The number of rotatable bonds is 8. The molecule has 4 heteroatoms. The monoisotopic (exact) mass is 267 g/mol. The summed E-state index contributed by atoms with van der Waals surface area (Å²) in [4.78, 5) is 0. The first-order valence-corrected chi connectivity index (χ1v) is 6.78.